The van der Waals surface area contributed by atoms with Crippen molar-refractivity contribution in [1.29, 1.82) is 0 Å². The van der Waals surface area contributed by atoms with E-state index in [0.717, 1.165) is 26.0 Å². The van der Waals surface area contributed by atoms with E-state index in [2.05, 4.69) is 48.9 Å². The minimum atomic E-state index is 0.281. The van der Waals surface area contributed by atoms with E-state index in [9.17, 15) is 0 Å². The molecule has 0 fully saturated rings. The molecule has 0 amide bonds. The Morgan fingerprint density at radius 3 is 2.61 bits per heavy atom. The fraction of sp³-hybridized carbons (Fsp3) is 0.786. The van der Waals surface area contributed by atoms with Crippen LogP contribution in [0.25, 0.3) is 0 Å². The second-order valence-electron chi connectivity index (χ2n) is 4.87. The van der Waals surface area contributed by atoms with Gasteiger partial charge in [0.05, 0.1) is 18.4 Å². The van der Waals surface area contributed by atoms with Gasteiger partial charge in [0.25, 0.3) is 0 Å². The van der Waals surface area contributed by atoms with Crippen molar-refractivity contribution in [2.45, 2.75) is 59.2 Å². The van der Waals surface area contributed by atoms with Gasteiger partial charge in [-0.15, -0.1) is 0 Å². The smallest absolute Gasteiger partial charge is 0.0626 e. The first-order valence-corrected chi connectivity index (χ1v) is 6.95. The van der Waals surface area contributed by atoms with Crippen LogP contribution in [0.2, 0.25) is 0 Å². The van der Waals surface area contributed by atoms with Gasteiger partial charge in [0, 0.05) is 24.7 Å². The Bertz CT molecular complexity index is 347. The largest absolute Gasteiger partial charge is 0.377 e. The van der Waals surface area contributed by atoms with Gasteiger partial charge in [-0.3, -0.25) is 4.68 Å². The van der Waals surface area contributed by atoms with E-state index in [-0.39, 0.29) is 6.10 Å². The molecule has 0 radical (unpaired) electrons. The van der Waals surface area contributed by atoms with Crippen molar-refractivity contribution >= 4 is 0 Å². The predicted molar refractivity (Wildman–Crippen MR) is 74.9 cm³/mol. The van der Waals surface area contributed by atoms with Crippen molar-refractivity contribution in [3.63, 3.8) is 0 Å². The van der Waals surface area contributed by atoms with Crippen LogP contribution in [-0.2, 0) is 24.1 Å². The van der Waals surface area contributed by atoms with Gasteiger partial charge in [0.1, 0.15) is 0 Å². The minimum Gasteiger partial charge on any atom is -0.377 e. The van der Waals surface area contributed by atoms with Crippen LogP contribution in [0.15, 0.2) is 6.07 Å². The van der Waals surface area contributed by atoms with Crippen LogP contribution >= 0.6 is 0 Å². The van der Waals surface area contributed by atoms with E-state index in [4.69, 9.17) is 4.74 Å². The SMILES string of the molecule is CCc1cc(CC(COC(C)C)NC)n(CC)n1. The summed E-state index contributed by atoms with van der Waals surface area (Å²) in [5.41, 5.74) is 2.47. The number of aromatic nitrogens is 2. The minimum absolute atomic E-state index is 0.281. The quantitative estimate of drug-likeness (QED) is 0.770. The summed E-state index contributed by atoms with van der Waals surface area (Å²) in [6.07, 6.45) is 2.24. The zero-order chi connectivity index (χ0) is 13.5. The predicted octanol–water partition coefficient (Wildman–Crippen LogP) is 2.02. The van der Waals surface area contributed by atoms with E-state index in [0.29, 0.717) is 6.04 Å². The highest BCUT2D eigenvalue weighted by Crippen LogP contribution is 2.09. The van der Waals surface area contributed by atoms with Crippen LogP contribution in [-0.4, -0.2) is 35.6 Å². The molecule has 4 nitrogen and oxygen atoms in total. The topological polar surface area (TPSA) is 39.1 Å². The molecule has 1 unspecified atom stereocenters. The summed E-state index contributed by atoms with van der Waals surface area (Å²) in [4.78, 5) is 0. The molecule has 1 N–H and O–H groups in total. The lowest BCUT2D eigenvalue weighted by molar-refractivity contribution is 0.0624. The molecular weight excluding hydrogens is 226 g/mol. The normalized spacial score (nSPS) is 13.2. The highest BCUT2D eigenvalue weighted by molar-refractivity contribution is 5.12. The lowest BCUT2D eigenvalue weighted by Gasteiger charge is -2.18. The molecule has 1 rings (SSSR count). The first kappa shape index (κ1) is 15.2. The molecule has 0 spiro atoms. The van der Waals surface area contributed by atoms with Gasteiger partial charge in [-0.25, -0.2) is 0 Å². The Kier molecular flexibility index (Phi) is 6.36. The lowest BCUT2D eigenvalue weighted by Crippen LogP contribution is -2.34. The first-order chi connectivity index (χ1) is 8.60. The van der Waals surface area contributed by atoms with E-state index in [1.54, 1.807) is 0 Å². The summed E-state index contributed by atoms with van der Waals surface area (Å²) in [5, 5.41) is 7.90. The van der Waals surface area contributed by atoms with Gasteiger partial charge in [0.2, 0.25) is 0 Å². The molecule has 0 aliphatic rings. The number of likely N-dealkylation sites (N-methyl/N-ethyl adjacent to an activating group) is 1. The van der Waals surface area contributed by atoms with Crippen LogP contribution in [0.5, 0.6) is 0 Å². The van der Waals surface area contributed by atoms with Crippen LogP contribution in [0.1, 0.15) is 39.1 Å². The van der Waals surface area contributed by atoms with Gasteiger partial charge in [-0.05, 0) is 40.3 Å². The van der Waals surface area contributed by atoms with Gasteiger partial charge < -0.3 is 10.1 Å². The first-order valence-electron chi connectivity index (χ1n) is 6.95. The maximum Gasteiger partial charge on any atom is 0.0626 e. The molecule has 1 aromatic rings. The van der Waals surface area contributed by atoms with E-state index in [1.807, 2.05) is 7.05 Å². The second-order valence-corrected chi connectivity index (χ2v) is 4.87. The molecule has 4 heteroatoms. The number of hydrogen-bond donors (Lipinski definition) is 1. The summed E-state index contributed by atoms with van der Waals surface area (Å²) >= 11 is 0. The average Bonchev–Trinajstić information content (AvgIpc) is 2.76. The maximum atomic E-state index is 5.68. The molecule has 1 atom stereocenters. The van der Waals surface area contributed by atoms with Crippen molar-refractivity contribution in [3.05, 3.63) is 17.5 Å². The molecule has 18 heavy (non-hydrogen) atoms. The number of nitrogens with one attached hydrogen (secondary N) is 1. The van der Waals surface area contributed by atoms with Gasteiger partial charge in [0.15, 0.2) is 0 Å². The monoisotopic (exact) mass is 253 g/mol. The third-order valence-corrected chi connectivity index (χ3v) is 3.07. The molecule has 0 aliphatic carbocycles. The Balaban J connectivity index is 2.65. The summed E-state index contributed by atoms with van der Waals surface area (Å²) in [6, 6.07) is 2.56. The average molecular weight is 253 g/mol. The Labute approximate surface area is 111 Å². The number of hydrogen-bond acceptors (Lipinski definition) is 3. The summed E-state index contributed by atoms with van der Waals surface area (Å²) in [7, 11) is 1.99. The van der Waals surface area contributed by atoms with Crippen molar-refractivity contribution < 1.29 is 4.74 Å². The Hall–Kier alpha value is -0.870. The molecule has 0 bridgehead atoms. The van der Waals surface area contributed by atoms with E-state index in [1.165, 1.54) is 11.4 Å². The number of nitrogens with zero attached hydrogens (tertiary/aromatic N) is 2. The van der Waals surface area contributed by atoms with E-state index < -0.39 is 0 Å². The molecule has 104 valence electrons. The number of rotatable bonds is 8. The summed E-state index contributed by atoms with van der Waals surface area (Å²) in [5.74, 6) is 0. The fourth-order valence-corrected chi connectivity index (χ4v) is 1.93. The maximum absolute atomic E-state index is 5.68. The highest BCUT2D eigenvalue weighted by atomic mass is 16.5. The van der Waals surface area contributed by atoms with Crippen LogP contribution < -0.4 is 5.32 Å². The lowest BCUT2D eigenvalue weighted by atomic mass is 10.1. The van der Waals surface area contributed by atoms with Crippen molar-refractivity contribution in [2.75, 3.05) is 13.7 Å². The molecular formula is C14H27N3O. The summed E-state index contributed by atoms with van der Waals surface area (Å²) in [6.45, 7) is 10.1. The Morgan fingerprint density at radius 1 is 1.39 bits per heavy atom. The van der Waals surface area contributed by atoms with Crippen LogP contribution in [0.4, 0.5) is 0 Å². The van der Waals surface area contributed by atoms with Crippen LogP contribution in [0.3, 0.4) is 0 Å². The number of ether oxygens (including phenoxy) is 1. The molecule has 0 saturated heterocycles. The zero-order valence-corrected chi connectivity index (χ0v) is 12.4. The molecule has 1 aromatic heterocycles. The zero-order valence-electron chi connectivity index (χ0n) is 12.4. The molecule has 1 heterocycles. The second kappa shape index (κ2) is 7.54. The van der Waals surface area contributed by atoms with Gasteiger partial charge in [-0.1, -0.05) is 6.92 Å². The fourth-order valence-electron chi connectivity index (χ4n) is 1.93. The van der Waals surface area contributed by atoms with Crippen LogP contribution in [0, 0.1) is 0 Å². The third-order valence-electron chi connectivity index (χ3n) is 3.07. The van der Waals surface area contributed by atoms with Crippen molar-refractivity contribution in [3.8, 4) is 0 Å². The molecule has 0 aliphatic heterocycles. The van der Waals surface area contributed by atoms with Crippen molar-refractivity contribution in [2.24, 2.45) is 0 Å². The summed E-state index contributed by atoms with van der Waals surface area (Å²) < 4.78 is 7.78. The van der Waals surface area contributed by atoms with Gasteiger partial charge in [-0.2, -0.15) is 5.10 Å². The van der Waals surface area contributed by atoms with E-state index >= 15 is 0 Å². The van der Waals surface area contributed by atoms with Gasteiger partial charge >= 0.3 is 0 Å². The molecule has 0 saturated carbocycles. The highest BCUT2D eigenvalue weighted by Gasteiger charge is 2.13. The Morgan fingerprint density at radius 2 is 2.11 bits per heavy atom. The number of aryl methyl sites for hydroxylation is 2. The third kappa shape index (κ3) is 4.42. The van der Waals surface area contributed by atoms with Crippen molar-refractivity contribution in [1.82, 2.24) is 15.1 Å². The standard InChI is InChI=1S/C14H27N3O/c1-6-12-8-14(17(7-2)16-12)9-13(15-5)10-18-11(3)4/h8,11,13,15H,6-7,9-10H2,1-5H3. The molecule has 0 aromatic carbocycles.